The maximum absolute atomic E-state index is 12.8. The normalized spacial score (nSPS) is 22.1. The van der Waals surface area contributed by atoms with Gasteiger partial charge in [-0.15, -0.1) is 0 Å². The number of hydrogen-bond acceptors (Lipinski definition) is 3. The summed E-state index contributed by atoms with van der Waals surface area (Å²) in [6.45, 7) is 6.40. The first-order valence-electron chi connectivity index (χ1n) is 8.30. The van der Waals surface area contributed by atoms with Gasteiger partial charge in [-0.1, -0.05) is 38.3 Å². The van der Waals surface area contributed by atoms with E-state index in [1.165, 1.54) is 12.5 Å². The van der Waals surface area contributed by atoms with Gasteiger partial charge in [-0.05, 0) is 49.8 Å². The number of benzene rings is 1. The van der Waals surface area contributed by atoms with E-state index in [9.17, 15) is 8.42 Å². The van der Waals surface area contributed by atoms with E-state index in [4.69, 9.17) is 16.3 Å². The molecule has 0 spiro atoms. The molecule has 1 fully saturated rings. The maximum atomic E-state index is 12.8. The fourth-order valence-corrected chi connectivity index (χ4v) is 4.69. The minimum absolute atomic E-state index is 0.0205. The predicted molar refractivity (Wildman–Crippen MR) is 93.7 cm³/mol. The Hall–Kier alpha value is -0.780. The van der Waals surface area contributed by atoms with Crippen LogP contribution in [0.2, 0.25) is 5.02 Å². The number of hydrogen-bond donors (Lipinski definition) is 1. The first kappa shape index (κ1) is 18.6. The summed E-state index contributed by atoms with van der Waals surface area (Å²) < 4.78 is 34.2. The van der Waals surface area contributed by atoms with E-state index in [-0.39, 0.29) is 10.9 Å². The molecule has 4 nitrogen and oxygen atoms in total. The number of sulfonamides is 1. The zero-order chi connectivity index (χ0) is 17.0. The smallest absolute Gasteiger partial charge is 0.244 e. The summed E-state index contributed by atoms with van der Waals surface area (Å²) in [4.78, 5) is 0.138. The molecule has 2 atom stereocenters. The first-order valence-corrected chi connectivity index (χ1v) is 10.2. The zero-order valence-electron chi connectivity index (χ0n) is 14.1. The van der Waals surface area contributed by atoms with Gasteiger partial charge >= 0.3 is 0 Å². The third-order valence-corrected chi connectivity index (χ3v) is 6.31. The van der Waals surface area contributed by atoms with Gasteiger partial charge < -0.3 is 4.74 Å². The minimum atomic E-state index is -3.65. The third kappa shape index (κ3) is 4.61. The van der Waals surface area contributed by atoms with Crippen LogP contribution in [-0.4, -0.2) is 21.1 Å². The zero-order valence-corrected chi connectivity index (χ0v) is 15.6. The van der Waals surface area contributed by atoms with Gasteiger partial charge in [-0.2, -0.15) is 0 Å². The van der Waals surface area contributed by atoms with Gasteiger partial charge in [0.1, 0.15) is 10.6 Å². The molecule has 0 saturated heterocycles. The Morgan fingerprint density at radius 2 is 2.00 bits per heavy atom. The number of halogens is 1. The van der Waals surface area contributed by atoms with Crippen LogP contribution in [0.3, 0.4) is 0 Å². The molecule has 130 valence electrons. The summed E-state index contributed by atoms with van der Waals surface area (Å²) in [5.41, 5.74) is 0.808. The van der Waals surface area contributed by atoms with Crippen molar-refractivity contribution in [3.63, 3.8) is 0 Å². The highest BCUT2D eigenvalue weighted by Crippen LogP contribution is 2.32. The SMILES string of the molecule is CCCOc1cc(C)c(Cl)cc1S(=O)(=O)N[C@@H]1CCCC[C@@H]1C. The molecule has 23 heavy (non-hydrogen) atoms. The van der Waals surface area contributed by atoms with E-state index >= 15 is 0 Å². The van der Waals surface area contributed by atoms with Gasteiger partial charge in [-0.25, -0.2) is 13.1 Å². The highest BCUT2D eigenvalue weighted by molar-refractivity contribution is 7.89. The molecule has 1 aliphatic carbocycles. The van der Waals surface area contributed by atoms with Gasteiger partial charge in [0.2, 0.25) is 10.0 Å². The quantitative estimate of drug-likeness (QED) is 0.824. The van der Waals surface area contributed by atoms with E-state index in [0.717, 1.165) is 31.2 Å². The van der Waals surface area contributed by atoms with E-state index in [0.29, 0.717) is 23.3 Å². The first-order chi connectivity index (χ1) is 10.8. The Morgan fingerprint density at radius 3 is 2.65 bits per heavy atom. The molecular formula is C17H26ClNO3S. The molecule has 1 aliphatic rings. The second-order valence-electron chi connectivity index (χ2n) is 6.39. The van der Waals surface area contributed by atoms with Crippen LogP contribution in [0.1, 0.15) is 51.5 Å². The molecule has 2 rings (SSSR count). The van der Waals surface area contributed by atoms with Crippen molar-refractivity contribution in [3.8, 4) is 5.75 Å². The fraction of sp³-hybridized carbons (Fsp3) is 0.647. The highest BCUT2D eigenvalue weighted by atomic mass is 35.5. The Kier molecular flexibility index (Phi) is 6.34. The predicted octanol–water partition coefficient (Wildman–Crippen LogP) is 4.29. The van der Waals surface area contributed by atoms with Crippen molar-refractivity contribution >= 4 is 21.6 Å². The van der Waals surface area contributed by atoms with Crippen LogP contribution in [0.5, 0.6) is 5.75 Å². The van der Waals surface area contributed by atoms with Crippen molar-refractivity contribution in [2.45, 2.75) is 63.8 Å². The molecule has 0 radical (unpaired) electrons. The lowest BCUT2D eigenvalue weighted by molar-refractivity contribution is 0.303. The topological polar surface area (TPSA) is 55.4 Å². The van der Waals surface area contributed by atoms with Gasteiger partial charge in [0.05, 0.1) is 6.61 Å². The van der Waals surface area contributed by atoms with Gasteiger partial charge in [-0.3, -0.25) is 0 Å². The van der Waals surface area contributed by atoms with Crippen LogP contribution in [0.15, 0.2) is 17.0 Å². The summed E-state index contributed by atoms with van der Waals surface area (Å²) in [5.74, 6) is 0.726. The van der Waals surface area contributed by atoms with Crippen molar-refractivity contribution in [2.75, 3.05) is 6.61 Å². The largest absolute Gasteiger partial charge is 0.492 e. The van der Waals surface area contributed by atoms with Crippen LogP contribution in [0.4, 0.5) is 0 Å². The van der Waals surface area contributed by atoms with Crippen LogP contribution in [0, 0.1) is 12.8 Å². The lowest BCUT2D eigenvalue weighted by atomic mass is 9.87. The molecule has 0 aromatic heterocycles. The van der Waals surface area contributed by atoms with E-state index in [1.807, 2.05) is 13.8 Å². The molecule has 0 amide bonds. The summed E-state index contributed by atoms with van der Waals surface area (Å²) in [7, 11) is -3.65. The Bertz CT molecular complexity index is 645. The van der Waals surface area contributed by atoms with Gasteiger partial charge in [0.25, 0.3) is 0 Å². The van der Waals surface area contributed by atoms with Crippen molar-refractivity contribution in [1.82, 2.24) is 4.72 Å². The average molecular weight is 360 g/mol. The molecule has 0 heterocycles. The fourth-order valence-electron chi connectivity index (χ4n) is 2.93. The van der Waals surface area contributed by atoms with E-state index < -0.39 is 10.0 Å². The number of rotatable bonds is 6. The van der Waals surface area contributed by atoms with E-state index in [1.54, 1.807) is 6.07 Å². The monoisotopic (exact) mass is 359 g/mol. The highest BCUT2D eigenvalue weighted by Gasteiger charge is 2.29. The summed E-state index contributed by atoms with van der Waals surface area (Å²) in [6, 6.07) is 3.18. The number of aryl methyl sites for hydroxylation is 1. The van der Waals surface area contributed by atoms with E-state index in [2.05, 4.69) is 11.6 Å². The van der Waals surface area contributed by atoms with Gasteiger partial charge in [0.15, 0.2) is 0 Å². The maximum Gasteiger partial charge on any atom is 0.244 e. The van der Waals surface area contributed by atoms with Crippen molar-refractivity contribution in [2.24, 2.45) is 5.92 Å². The molecule has 6 heteroatoms. The molecule has 0 bridgehead atoms. The lowest BCUT2D eigenvalue weighted by Gasteiger charge is -2.29. The van der Waals surface area contributed by atoms with Crippen LogP contribution >= 0.6 is 11.6 Å². The summed E-state index contributed by atoms with van der Waals surface area (Å²) in [5, 5.41) is 0.436. The van der Waals surface area contributed by atoms with Crippen molar-refractivity contribution in [3.05, 3.63) is 22.7 Å². The molecule has 0 aliphatic heterocycles. The minimum Gasteiger partial charge on any atom is -0.492 e. The molecule has 1 aromatic rings. The third-order valence-electron chi connectivity index (χ3n) is 4.39. The average Bonchev–Trinajstić information content (AvgIpc) is 2.50. The van der Waals surface area contributed by atoms with Crippen molar-refractivity contribution in [1.29, 1.82) is 0 Å². The molecule has 1 aromatic carbocycles. The second-order valence-corrected chi connectivity index (χ2v) is 8.48. The molecule has 0 unspecified atom stereocenters. The molecular weight excluding hydrogens is 334 g/mol. The van der Waals surface area contributed by atoms with Crippen LogP contribution < -0.4 is 9.46 Å². The molecule has 1 saturated carbocycles. The second kappa shape index (κ2) is 7.86. The van der Waals surface area contributed by atoms with Crippen LogP contribution in [-0.2, 0) is 10.0 Å². The number of nitrogens with one attached hydrogen (secondary N) is 1. The Balaban J connectivity index is 2.31. The summed E-state index contributed by atoms with van der Waals surface area (Å²) in [6.07, 6.45) is 4.98. The standard InChI is InChI=1S/C17H26ClNO3S/c1-4-9-22-16-10-13(3)14(18)11-17(16)23(20,21)19-15-8-6-5-7-12(15)2/h10-12,15,19H,4-9H2,1-3H3/t12-,15+/m0/s1. The molecule has 1 N–H and O–H groups in total. The Labute approximate surface area is 144 Å². The van der Waals surface area contributed by atoms with Gasteiger partial charge in [0, 0.05) is 11.1 Å². The number of ether oxygens (including phenoxy) is 1. The lowest BCUT2D eigenvalue weighted by Crippen LogP contribution is -2.41. The van der Waals surface area contributed by atoms with Crippen LogP contribution in [0.25, 0.3) is 0 Å². The van der Waals surface area contributed by atoms with Crippen molar-refractivity contribution < 1.29 is 13.2 Å². The Morgan fingerprint density at radius 1 is 1.30 bits per heavy atom. The summed E-state index contributed by atoms with van der Waals surface area (Å²) >= 11 is 6.15.